The summed E-state index contributed by atoms with van der Waals surface area (Å²) < 4.78 is 95.0. The van der Waals surface area contributed by atoms with Crippen LogP contribution < -0.4 is 0 Å². The lowest BCUT2D eigenvalue weighted by Gasteiger charge is -2.28. The third kappa shape index (κ3) is 4.43. The van der Waals surface area contributed by atoms with Crippen molar-refractivity contribution >= 4 is 5.97 Å². The van der Waals surface area contributed by atoms with Gasteiger partial charge >= 0.3 is 24.0 Å². The lowest BCUT2D eigenvalue weighted by Crippen LogP contribution is -2.54. The molecular formula is C10H12F7NO3. The molecule has 1 aliphatic heterocycles. The van der Waals surface area contributed by atoms with Crippen LogP contribution in [0.15, 0.2) is 0 Å². The van der Waals surface area contributed by atoms with Gasteiger partial charge in [0.05, 0.1) is 19.8 Å². The highest BCUT2D eigenvalue weighted by atomic mass is 19.4. The van der Waals surface area contributed by atoms with E-state index in [9.17, 15) is 35.5 Å². The molecule has 0 aliphatic carbocycles. The zero-order chi connectivity index (χ0) is 16.3. The second kappa shape index (κ2) is 6.34. The van der Waals surface area contributed by atoms with Crippen LogP contribution in [0.5, 0.6) is 0 Å². The second-order valence-corrected chi connectivity index (χ2v) is 4.33. The first-order valence-electron chi connectivity index (χ1n) is 5.75. The van der Waals surface area contributed by atoms with Crippen molar-refractivity contribution in [2.24, 2.45) is 0 Å². The van der Waals surface area contributed by atoms with Gasteiger partial charge in [0.25, 0.3) is 0 Å². The molecule has 0 saturated carbocycles. The van der Waals surface area contributed by atoms with Crippen LogP contribution in [0, 0.1) is 0 Å². The SMILES string of the molecule is O=C(CN1CCOCC1)OCC(F)(F)C(F)(F)C(F)(F)F. The van der Waals surface area contributed by atoms with Crippen molar-refractivity contribution < 1.29 is 45.0 Å². The van der Waals surface area contributed by atoms with Gasteiger partial charge in [-0.1, -0.05) is 0 Å². The van der Waals surface area contributed by atoms with Crippen LogP contribution in [-0.2, 0) is 14.3 Å². The van der Waals surface area contributed by atoms with Gasteiger partial charge in [-0.05, 0) is 0 Å². The molecule has 0 spiro atoms. The van der Waals surface area contributed by atoms with Gasteiger partial charge in [-0.25, -0.2) is 0 Å². The van der Waals surface area contributed by atoms with Crippen molar-refractivity contribution in [1.29, 1.82) is 0 Å². The zero-order valence-corrected chi connectivity index (χ0v) is 10.6. The fourth-order valence-electron chi connectivity index (χ4n) is 1.46. The van der Waals surface area contributed by atoms with Gasteiger partial charge in [-0.2, -0.15) is 30.7 Å². The minimum atomic E-state index is -6.44. The van der Waals surface area contributed by atoms with Gasteiger partial charge in [-0.15, -0.1) is 0 Å². The molecule has 1 aliphatic rings. The van der Waals surface area contributed by atoms with Crippen molar-refractivity contribution in [3.8, 4) is 0 Å². The molecule has 1 saturated heterocycles. The Labute approximate surface area is 114 Å². The van der Waals surface area contributed by atoms with Gasteiger partial charge in [0.2, 0.25) is 0 Å². The van der Waals surface area contributed by atoms with Gasteiger partial charge in [-0.3, -0.25) is 9.69 Å². The van der Waals surface area contributed by atoms with Crippen molar-refractivity contribution in [3.63, 3.8) is 0 Å². The maximum atomic E-state index is 12.9. The third-order valence-corrected chi connectivity index (χ3v) is 2.69. The predicted octanol–water partition coefficient (Wildman–Crippen LogP) is 1.69. The number of nitrogens with zero attached hydrogens (tertiary/aromatic N) is 1. The number of rotatable bonds is 5. The monoisotopic (exact) mass is 327 g/mol. The van der Waals surface area contributed by atoms with E-state index in [-0.39, 0.29) is 13.2 Å². The Morgan fingerprint density at radius 3 is 2.05 bits per heavy atom. The van der Waals surface area contributed by atoms with E-state index in [0.29, 0.717) is 13.1 Å². The van der Waals surface area contributed by atoms with Gasteiger partial charge in [0, 0.05) is 13.1 Å². The third-order valence-electron chi connectivity index (χ3n) is 2.69. The second-order valence-electron chi connectivity index (χ2n) is 4.33. The van der Waals surface area contributed by atoms with Crippen LogP contribution in [0.4, 0.5) is 30.7 Å². The summed E-state index contributed by atoms with van der Waals surface area (Å²) in [4.78, 5) is 12.6. The molecule has 21 heavy (non-hydrogen) atoms. The molecule has 0 amide bonds. The number of alkyl halides is 7. The van der Waals surface area contributed by atoms with Crippen LogP contribution in [0.3, 0.4) is 0 Å². The van der Waals surface area contributed by atoms with E-state index >= 15 is 0 Å². The fourth-order valence-corrected chi connectivity index (χ4v) is 1.46. The molecule has 0 bridgehead atoms. The molecule has 1 heterocycles. The lowest BCUT2D eigenvalue weighted by molar-refractivity contribution is -0.359. The Morgan fingerprint density at radius 1 is 1.05 bits per heavy atom. The number of hydrogen-bond acceptors (Lipinski definition) is 4. The van der Waals surface area contributed by atoms with E-state index in [2.05, 4.69) is 4.74 Å². The molecule has 0 unspecified atom stereocenters. The van der Waals surface area contributed by atoms with Crippen molar-refractivity contribution in [2.45, 2.75) is 18.0 Å². The highest BCUT2D eigenvalue weighted by molar-refractivity contribution is 5.71. The maximum Gasteiger partial charge on any atom is 0.460 e. The molecule has 124 valence electrons. The molecule has 0 aromatic heterocycles. The fraction of sp³-hybridized carbons (Fsp3) is 0.900. The Balaban J connectivity index is 2.50. The largest absolute Gasteiger partial charge is 0.460 e. The number of ether oxygens (including phenoxy) is 2. The van der Waals surface area contributed by atoms with Gasteiger partial charge in [0.1, 0.15) is 0 Å². The zero-order valence-electron chi connectivity index (χ0n) is 10.6. The van der Waals surface area contributed by atoms with E-state index < -0.39 is 37.1 Å². The molecule has 1 rings (SSSR count). The summed E-state index contributed by atoms with van der Waals surface area (Å²) in [6.07, 6.45) is -6.44. The number of carbonyl (C=O) groups is 1. The maximum absolute atomic E-state index is 12.9. The van der Waals surface area contributed by atoms with Crippen molar-refractivity contribution in [2.75, 3.05) is 39.5 Å². The van der Waals surface area contributed by atoms with Gasteiger partial charge in [0.15, 0.2) is 6.61 Å². The number of morpholine rings is 1. The summed E-state index contributed by atoms with van der Waals surface area (Å²) >= 11 is 0. The Kier molecular flexibility index (Phi) is 5.42. The summed E-state index contributed by atoms with van der Waals surface area (Å²) in [6, 6.07) is 0. The normalized spacial score (nSPS) is 18.6. The molecule has 0 N–H and O–H groups in total. The van der Waals surface area contributed by atoms with Crippen LogP contribution in [0.1, 0.15) is 0 Å². The number of halogens is 7. The smallest absolute Gasteiger partial charge is 0.458 e. The number of carbonyl (C=O) groups excluding carboxylic acids is 1. The molecule has 0 aromatic rings. The Hall–Kier alpha value is -1.10. The summed E-state index contributed by atoms with van der Waals surface area (Å²) in [7, 11) is 0. The average molecular weight is 327 g/mol. The highest BCUT2D eigenvalue weighted by Crippen LogP contribution is 2.46. The minimum absolute atomic E-state index is 0.287. The quantitative estimate of drug-likeness (QED) is 0.569. The van der Waals surface area contributed by atoms with Crippen LogP contribution in [0.2, 0.25) is 0 Å². The highest BCUT2D eigenvalue weighted by Gasteiger charge is 2.73. The molecule has 0 radical (unpaired) electrons. The van der Waals surface area contributed by atoms with Gasteiger partial charge < -0.3 is 9.47 Å². The van der Waals surface area contributed by atoms with E-state index in [1.165, 1.54) is 4.90 Å². The topological polar surface area (TPSA) is 38.8 Å². The lowest BCUT2D eigenvalue weighted by atomic mass is 10.2. The Morgan fingerprint density at radius 2 is 1.57 bits per heavy atom. The summed E-state index contributed by atoms with van der Waals surface area (Å²) in [6.45, 7) is -1.67. The van der Waals surface area contributed by atoms with Crippen LogP contribution >= 0.6 is 0 Å². The minimum Gasteiger partial charge on any atom is -0.458 e. The van der Waals surface area contributed by atoms with E-state index in [1.54, 1.807) is 0 Å². The Bertz CT molecular complexity index is 366. The molecule has 11 heteroatoms. The van der Waals surface area contributed by atoms with E-state index in [4.69, 9.17) is 4.74 Å². The van der Waals surface area contributed by atoms with Crippen molar-refractivity contribution in [1.82, 2.24) is 4.90 Å². The summed E-state index contributed by atoms with van der Waals surface area (Å²) in [5, 5.41) is 0. The average Bonchev–Trinajstić information content (AvgIpc) is 2.36. The first-order chi connectivity index (χ1) is 9.47. The van der Waals surface area contributed by atoms with Crippen LogP contribution in [0.25, 0.3) is 0 Å². The van der Waals surface area contributed by atoms with Crippen LogP contribution in [-0.4, -0.2) is 68.3 Å². The first kappa shape index (κ1) is 18.0. The summed E-state index contributed by atoms with van der Waals surface area (Å²) in [5.74, 6) is -13.1. The molecule has 0 atom stereocenters. The standard InChI is InChI=1S/C10H12F7NO3/c11-8(12,9(13,14)10(15,16)17)6-21-7(19)5-18-1-3-20-4-2-18/h1-6H2. The van der Waals surface area contributed by atoms with Crippen molar-refractivity contribution in [3.05, 3.63) is 0 Å². The number of hydrogen-bond donors (Lipinski definition) is 0. The van der Waals surface area contributed by atoms with E-state index in [1.807, 2.05) is 0 Å². The molecular weight excluding hydrogens is 315 g/mol. The summed E-state index contributed by atoms with van der Waals surface area (Å²) in [5.41, 5.74) is 0. The molecule has 4 nitrogen and oxygen atoms in total. The predicted molar refractivity (Wildman–Crippen MR) is 54.2 cm³/mol. The van der Waals surface area contributed by atoms with E-state index in [0.717, 1.165) is 0 Å². The molecule has 1 fully saturated rings. The molecule has 0 aromatic carbocycles. The first-order valence-corrected chi connectivity index (χ1v) is 5.75. The number of esters is 1.